The standard InChI is InChI=1S/C13H17ClN4O/c1-8-5-11(12(19)6-14)9(2)18(8)10(3)13-16-15-7-17(13)4/h5,7,10H,6H2,1-4H3. The number of nitrogens with zero attached hydrogens (tertiary/aromatic N) is 4. The lowest BCUT2D eigenvalue weighted by atomic mass is 10.2. The number of ketones is 1. The van der Waals surface area contributed by atoms with Crippen molar-refractivity contribution in [3.05, 3.63) is 35.2 Å². The third-order valence-electron chi connectivity index (χ3n) is 3.41. The molecule has 0 aliphatic heterocycles. The molecule has 0 amide bonds. The highest BCUT2D eigenvalue weighted by molar-refractivity contribution is 6.30. The van der Waals surface area contributed by atoms with Crippen LogP contribution < -0.4 is 0 Å². The molecule has 0 saturated heterocycles. The second kappa shape index (κ2) is 5.17. The first-order valence-electron chi connectivity index (χ1n) is 6.08. The first kappa shape index (κ1) is 13.8. The Morgan fingerprint density at radius 2 is 2.16 bits per heavy atom. The number of aromatic nitrogens is 4. The van der Waals surface area contributed by atoms with Crippen LogP contribution in [0.4, 0.5) is 0 Å². The minimum absolute atomic E-state index is 0.00261. The predicted octanol–water partition coefficient (Wildman–Crippen LogP) is 2.26. The molecule has 0 bridgehead atoms. The summed E-state index contributed by atoms with van der Waals surface area (Å²) in [6, 6.07) is 1.90. The van der Waals surface area contributed by atoms with Gasteiger partial charge in [-0.25, -0.2) is 0 Å². The zero-order chi connectivity index (χ0) is 14.2. The van der Waals surface area contributed by atoms with E-state index in [1.165, 1.54) is 0 Å². The van der Waals surface area contributed by atoms with Crippen molar-refractivity contribution in [3.8, 4) is 0 Å². The molecule has 0 saturated carbocycles. The number of alkyl halides is 1. The summed E-state index contributed by atoms with van der Waals surface area (Å²) in [5.74, 6) is 0.806. The van der Waals surface area contributed by atoms with Crippen LogP contribution in [0.15, 0.2) is 12.4 Å². The molecular formula is C13H17ClN4O. The maximum atomic E-state index is 11.8. The van der Waals surface area contributed by atoms with Crippen molar-refractivity contribution in [2.45, 2.75) is 26.8 Å². The van der Waals surface area contributed by atoms with Gasteiger partial charge in [-0.3, -0.25) is 4.79 Å². The molecule has 1 unspecified atom stereocenters. The van der Waals surface area contributed by atoms with Crippen molar-refractivity contribution in [2.24, 2.45) is 7.05 Å². The van der Waals surface area contributed by atoms with Gasteiger partial charge in [-0.2, -0.15) is 0 Å². The molecule has 6 heteroatoms. The quantitative estimate of drug-likeness (QED) is 0.638. The highest BCUT2D eigenvalue weighted by Gasteiger charge is 2.21. The minimum atomic E-state index is -0.0498. The SMILES string of the molecule is Cc1cc(C(=O)CCl)c(C)n1C(C)c1nncn1C. The molecule has 0 aliphatic carbocycles. The van der Waals surface area contributed by atoms with E-state index in [4.69, 9.17) is 11.6 Å². The van der Waals surface area contributed by atoms with E-state index >= 15 is 0 Å². The Hall–Kier alpha value is -1.62. The van der Waals surface area contributed by atoms with Crippen LogP contribution in [-0.2, 0) is 7.05 Å². The Balaban J connectivity index is 2.49. The molecule has 2 rings (SSSR count). The van der Waals surface area contributed by atoms with Crippen LogP contribution in [0, 0.1) is 13.8 Å². The zero-order valence-electron chi connectivity index (χ0n) is 11.5. The Bertz CT molecular complexity index is 614. The first-order valence-corrected chi connectivity index (χ1v) is 6.62. The average Bonchev–Trinajstić information content (AvgIpc) is 2.92. The van der Waals surface area contributed by atoms with Crippen LogP contribution in [-0.4, -0.2) is 31.0 Å². The van der Waals surface area contributed by atoms with Gasteiger partial charge in [0.15, 0.2) is 11.6 Å². The molecule has 0 N–H and O–H groups in total. The summed E-state index contributed by atoms with van der Waals surface area (Å²) in [5, 5.41) is 8.03. The molecule has 102 valence electrons. The number of rotatable bonds is 4. The summed E-state index contributed by atoms with van der Waals surface area (Å²) in [7, 11) is 1.91. The third-order valence-corrected chi connectivity index (χ3v) is 3.66. The minimum Gasteiger partial charge on any atom is -0.338 e. The van der Waals surface area contributed by atoms with Crippen molar-refractivity contribution >= 4 is 17.4 Å². The monoisotopic (exact) mass is 280 g/mol. The summed E-state index contributed by atoms with van der Waals surface area (Å²) in [4.78, 5) is 11.8. The van der Waals surface area contributed by atoms with E-state index in [0.29, 0.717) is 5.56 Å². The highest BCUT2D eigenvalue weighted by Crippen LogP contribution is 2.24. The topological polar surface area (TPSA) is 52.7 Å². The lowest BCUT2D eigenvalue weighted by Crippen LogP contribution is -2.15. The number of carbonyl (C=O) groups excluding carboxylic acids is 1. The maximum Gasteiger partial charge on any atom is 0.179 e. The van der Waals surface area contributed by atoms with Crippen LogP contribution >= 0.6 is 11.6 Å². The van der Waals surface area contributed by atoms with E-state index in [2.05, 4.69) is 14.8 Å². The number of carbonyl (C=O) groups is 1. The van der Waals surface area contributed by atoms with E-state index in [-0.39, 0.29) is 17.7 Å². The number of aryl methyl sites for hydroxylation is 2. The Labute approximate surface area is 117 Å². The number of halogens is 1. The number of hydrogen-bond acceptors (Lipinski definition) is 3. The van der Waals surface area contributed by atoms with Crippen LogP contribution in [0.25, 0.3) is 0 Å². The highest BCUT2D eigenvalue weighted by atomic mass is 35.5. The largest absolute Gasteiger partial charge is 0.338 e. The van der Waals surface area contributed by atoms with Crippen molar-refractivity contribution in [1.29, 1.82) is 0 Å². The number of hydrogen-bond donors (Lipinski definition) is 0. The fraction of sp³-hybridized carbons (Fsp3) is 0.462. The lowest BCUT2D eigenvalue weighted by Gasteiger charge is -2.17. The summed E-state index contributed by atoms with van der Waals surface area (Å²) < 4.78 is 3.97. The van der Waals surface area contributed by atoms with Gasteiger partial charge in [-0.05, 0) is 26.8 Å². The average molecular weight is 281 g/mol. The molecule has 0 radical (unpaired) electrons. The van der Waals surface area contributed by atoms with Crippen LogP contribution in [0.3, 0.4) is 0 Å². The molecule has 19 heavy (non-hydrogen) atoms. The molecule has 2 aromatic rings. The third kappa shape index (κ3) is 2.30. The van der Waals surface area contributed by atoms with E-state index in [0.717, 1.165) is 17.2 Å². The molecule has 0 spiro atoms. The summed E-state index contributed by atoms with van der Waals surface area (Å²) >= 11 is 5.64. The summed E-state index contributed by atoms with van der Waals surface area (Å²) in [5.41, 5.74) is 2.61. The summed E-state index contributed by atoms with van der Waals surface area (Å²) in [6.45, 7) is 5.95. The van der Waals surface area contributed by atoms with Gasteiger partial charge in [0.2, 0.25) is 0 Å². The normalized spacial score (nSPS) is 12.7. The fourth-order valence-corrected chi connectivity index (χ4v) is 2.66. The van der Waals surface area contributed by atoms with E-state index < -0.39 is 0 Å². The molecular weight excluding hydrogens is 264 g/mol. The van der Waals surface area contributed by atoms with Crippen molar-refractivity contribution in [3.63, 3.8) is 0 Å². The van der Waals surface area contributed by atoms with Gasteiger partial charge in [0, 0.05) is 24.0 Å². The van der Waals surface area contributed by atoms with Gasteiger partial charge >= 0.3 is 0 Å². The van der Waals surface area contributed by atoms with E-state index in [1.54, 1.807) is 6.33 Å². The van der Waals surface area contributed by atoms with Gasteiger partial charge in [0.05, 0.1) is 11.9 Å². The van der Waals surface area contributed by atoms with Crippen molar-refractivity contribution < 1.29 is 4.79 Å². The van der Waals surface area contributed by atoms with E-state index in [1.807, 2.05) is 38.5 Å². The number of Topliss-reactive ketones (excluding diaryl/α,β-unsaturated/α-hetero) is 1. The van der Waals surface area contributed by atoms with Crippen LogP contribution in [0.5, 0.6) is 0 Å². The molecule has 0 aliphatic rings. The van der Waals surface area contributed by atoms with Gasteiger partial charge < -0.3 is 9.13 Å². The van der Waals surface area contributed by atoms with Crippen LogP contribution in [0.2, 0.25) is 0 Å². The smallest absolute Gasteiger partial charge is 0.179 e. The molecule has 0 fully saturated rings. The zero-order valence-corrected chi connectivity index (χ0v) is 12.3. The van der Waals surface area contributed by atoms with Gasteiger partial charge in [-0.15, -0.1) is 21.8 Å². The molecule has 0 aromatic carbocycles. The first-order chi connectivity index (χ1) is 8.97. The Morgan fingerprint density at radius 3 is 2.68 bits per heavy atom. The predicted molar refractivity (Wildman–Crippen MR) is 73.8 cm³/mol. The molecule has 2 aromatic heterocycles. The molecule has 2 heterocycles. The van der Waals surface area contributed by atoms with Crippen LogP contribution in [0.1, 0.15) is 40.5 Å². The van der Waals surface area contributed by atoms with Gasteiger partial charge in [0.1, 0.15) is 6.33 Å². The second-order valence-corrected chi connectivity index (χ2v) is 4.95. The molecule has 1 atom stereocenters. The fourth-order valence-electron chi connectivity index (χ4n) is 2.51. The maximum absolute atomic E-state index is 11.8. The second-order valence-electron chi connectivity index (χ2n) is 4.69. The van der Waals surface area contributed by atoms with Crippen molar-refractivity contribution in [2.75, 3.05) is 5.88 Å². The molecule has 5 nitrogen and oxygen atoms in total. The lowest BCUT2D eigenvalue weighted by molar-refractivity contribution is 0.102. The summed E-state index contributed by atoms with van der Waals surface area (Å²) in [6.07, 6.45) is 1.67. The van der Waals surface area contributed by atoms with Gasteiger partial charge in [0.25, 0.3) is 0 Å². The van der Waals surface area contributed by atoms with Crippen molar-refractivity contribution in [1.82, 2.24) is 19.3 Å². The Kier molecular flexibility index (Phi) is 3.75. The Morgan fingerprint density at radius 1 is 1.47 bits per heavy atom. The van der Waals surface area contributed by atoms with E-state index in [9.17, 15) is 4.79 Å². The van der Waals surface area contributed by atoms with Gasteiger partial charge in [-0.1, -0.05) is 0 Å².